The highest BCUT2D eigenvalue weighted by Crippen LogP contribution is 2.31. The molecule has 0 radical (unpaired) electrons. The molecule has 0 aliphatic carbocycles. The number of hydrogen-bond acceptors (Lipinski definition) is 6. The van der Waals surface area contributed by atoms with Gasteiger partial charge in [-0.15, -0.1) is 0 Å². The first-order valence-corrected chi connectivity index (χ1v) is 10.5. The second-order valence-electron chi connectivity index (χ2n) is 7.81. The molecule has 0 spiro atoms. The van der Waals surface area contributed by atoms with Crippen molar-refractivity contribution in [2.24, 2.45) is 7.05 Å². The third-order valence-electron chi connectivity index (χ3n) is 5.87. The Hall–Kier alpha value is -4.04. The van der Waals surface area contributed by atoms with E-state index in [0.717, 1.165) is 50.1 Å². The summed E-state index contributed by atoms with van der Waals surface area (Å²) in [5.41, 5.74) is 6.29. The number of aryl methyl sites for hydroxylation is 2. The summed E-state index contributed by atoms with van der Waals surface area (Å²) in [7, 11) is 5.00. The highest BCUT2D eigenvalue weighted by Gasteiger charge is 2.18. The zero-order valence-corrected chi connectivity index (χ0v) is 18.9. The van der Waals surface area contributed by atoms with Crippen LogP contribution < -0.4 is 10.4 Å². The molecule has 0 saturated carbocycles. The van der Waals surface area contributed by atoms with Crippen LogP contribution in [0.5, 0.6) is 5.75 Å². The Balaban J connectivity index is 1.80. The van der Waals surface area contributed by atoms with Gasteiger partial charge >= 0.3 is 5.69 Å². The lowest BCUT2D eigenvalue weighted by Gasteiger charge is -2.11. The standard InChI is InChI=1S/C25H23N5O3/c1-15-21(6-5-9-26-15)30-24-18-10-16(17-11-23(33-4)20(14-32-3)27-12-17)7-8-19(18)28-13-22(24)29(2)25(30)31/h5-13H,14H2,1-4H3. The van der Waals surface area contributed by atoms with E-state index in [1.54, 1.807) is 49.0 Å². The molecule has 8 nitrogen and oxygen atoms in total. The molecule has 166 valence electrons. The van der Waals surface area contributed by atoms with E-state index in [9.17, 15) is 4.79 Å². The minimum atomic E-state index is -0.145. The highest BCUT2D eigenvalue weighted by atomic mass is 16.5. The van der Waals surface area contributed by atoms with Gasteiger partial charge in [-0.2, -0.15) is 0 Å². The zero-order chi connectivity index (χ0) is 23.1. The maximum Gasteiger partial charge on any atom is 0.333 e. The van der Waals surface area contributed by atoms with Crippen molar-refractivity contribution in [3.63, 3.8) is 0 Å². The molecule has 0 atom stereocenters. The van der Waals surface area contributed by atoms with Crippen molar-refractivity contribution in [3.05, 3.63) is 76.9 Å². The van der Waals surface area contributed by atoms with E-state index in [4.69, 9.17) is 9.47 Å². The number of methoxy groups -OCH3 is 2. The summed E-state index contributed by atoms with van der Waals surface area (Å²) in [5, 5.41) is 0.867. The molecule has 5 aromatic rings. The number of benzene rings is 1. The van der Waals surface area contributed by atoms with Crippen LogP contribution in [0.3, 0.4) is 0 Å². The van der Waals surface area contributed by atoms with Crippen molar-refractivity contribution in [3.8, 4) is 22.6 Å². The summed E-state index contributed by atoms with van der Waals surface area (Å²) >= 11 is 0. The average Bonchev–Trinajstić information content (AvgIpc) is 3.10. The van der Waals surface area contributed by atoms with Crippen molar-refractivity contribution >= 4 is 21.9 Å². The van der Waals surface area contributed by atoms with Crippen LogP contribution in [-0.4, -0.2) is 38.3 Å². The minimum absolute atomic E-state index is 0.145. The molecule has 33 heavy (non-hydrogen) atoms. The Bertz CT molecular complexity index is 1570. The summed E-state index contributed by atoms with van der Waals surface area (Å²) < 4.78 is 14.1. The van der Waals surface area contributed by atoms with Gasteiger partial charge in [0, 0.05) is 37.5 Å². The van der Waals surface area contributed by atoms with Crippen LogP contribution >= 0.6 is 0 Å². The third-order valence-corrected chi connectivity index (χ3v) is 5.87. The molecular formula is C25H23N5O3. The largest absolute Gasteiger partial charge is 0.495 e. The van der Waals surface area contributed by atoms with Crippen LogP contribution in [0.4, 0.5) is 0 Å². The van der Waals surface area contributed by atoms with Crippen LogP contribution in [-0.2, 0) is 18.4 Å². The summed E-state index contributed by atoms with van der Waals surface area (Å²) in [6.07, 6.45) is 5.26. The Morgan fingerprint density at radius 3 is 2.61 bits per heavy atom. The lowest BCUT2D eigenvalue weighted by molar-refractivity contribution is 0.178. The Labute approximate surface area is 190 Å². The van der Waals surface area contributed by atoms with E-state index in [1.807, 2.05) is 43.3 Å². The lowest BCUT2D eigenvalue weighted by Crippen LogP contribution is -2.21. The van der Waals surface area contributed by atoms with Gasteiger partial charge < -0.3 is 9.47 Å². The predicted molar refractivity (Wildman–Crippen MR) is 127 cm³/mol. The fraction of sp³-hybridized carbons (Fsp3) is 0.200. The molecule has 4 aromatic heterocycles. The van der Waals surface area contributed by atoms with E-state index in [0.29, 0.717) is 12.4 Å². The fourth-order valence-corrected chi connectivity index (χ4v) is 4.16. The normalized spacial score (nSPS) is 11.4. The summed E-state index contributed by atoms with van der Waals surface area (Å²) in [5.74, 6) is 0.661. The summed E-state index contributed by atoms with van der Waals surface area (Å²) in [4.78, 5) is 26.8. The van der Waals surface area contributed by atoms with Gasteiger partial charge in [0.2, 0.25) is 0 Å². The van der Waals surface area contributed by atoms with Gasteiger partial charge in [-0.05, 0) is 42.8 Å². The number of pyridine rings is 3. The van der Waals surface area contributed by atoms with E-state index in [-0.39, 0.29) is 5.69 Å². The molecule has 0 N–H and O–H groups in total. The van der Waals surface area contributed by atoms with E-state index >= 15 is 0 Å². The molecular weight excluding hydrogens is 418 g/mol. The van der Waals surface area contributed by atoms with Crippen LogP contribution in [0.1, 0.15) is 11.4 Å². The van der Waals surface area contributed by atoms with Crippen molar-refractivity contribution < 1.29 is 9.47 Å². The topological polar surface area (TPSA) is 84.1 Å². The van der Waals surface area contributed by atoms with Crippen molar-refractivity contribution in [1.29, 1.82) is 0 Å². The molecule has 0 amide bonds. The Kier molecular flexibility index (Phi) is 5.14. The first-order chi connectivity index (χ1) is 16.0. The zero-order valence-electron chi connectivity index (χ0n) is 18.9. The second kappa shape index (κ2) is 8.14. The third kappa shape index (κ3) is 3.35. The highest BCUT2D eigenvalue weighted by molar-refractivity contribution is 6.04. The van der Waals surface area contributed by atoms with E-state index < -0.39 is 0 Å². The van der Waals surface area contributed by atoms with E-state index in [2.05, 4.69) is 15.0 Å². The number of nitrogens with zero attached hydrogens (tertiary/aromatic N) is 5. The number of ether oxygens (including phenoxy) is 2. The molecule has 0 saturated heterocycles. The van der Waals surface area contributed by atoms with Crippen LogP contribution in [0.15, 0.2) is 59.8 Å². The van der Waals surface area contributed by atoms with Gasteiger partial charge in [-0.25, -0.2) is 4.79 Å². The SMILES string of the molecule is COCc1ncc(-c2ccc3ncc4c(c3c2)n(-c2cccnc2C)c(=O)n4C)cc1OC. The van der Waals surface area contributed by atoms with Crippen molar-refractivity contribution in [2.45, 2.75) is 13.5 Å². The number of fused-ring (bicyclic) bond motifs is 3. The Morgan fingerprint density at radius 1 is 1.00 bits per heavy atom. The summed E-state index contributed by atoms with van der Waals surface area (Å²) in [6.45, 7) is 2.27. The molecule has 0 fully saturated rings. The maximum absolute atomic E-state index is 13.3. The van der Waals surface area contributed by atoms with Crippen LogP contribution in [0.25, 0.3) is 38.8 Å². The predicted octanol–water partition coefficient (Wildman–Crippen LogP) is 3.80. The van der Waals surface area contributed by atoms with Gasteiger partial charge in [-0.1, -0.05) is 6.07 Å². The number of imidazole rings is 1. The minimum Gasteiger partial charge on any atom is -0.495 e. The molecule has 1 aromatic carbocycles. The van der Waals surface area contributed by atoms with Crippen molar-refractivity contribution in [2.75, 3.05) is 14.2 Å². The fourth-order valence-electron chi connectivity index (χ4n) is 4.16. The van der Waals surface area contributed by atoms with Crippen molar-refractivity contribution in [1.82, 2.24) is 24.1 Å². The van der Waals surface area contributed by atoms with Gasteiger partial charge in [0.15, 0.2) is 0 Å². The average molecular weight is 441 g/mol. The lowest BCUT2D eigenvalue weighted by atomic mass is 10.0. The first-order valence-electron chi connectivity index (χ1n) is 10.5. The van der Waals surface area contributed by atoms with Gasteiger partial charge in [0.1, 0.15) is 11.4 Å². The monoisotopic (exact) mass is 441 g/mol. The smallest absolute Gasteiger partial charge is 0.333 e. The van der Waals surface area contributed by atoms with Crippen LogP contribution in [0.2, 0.25) is 0 Å². The van der Waals surface area contributed by atoms with Gasteiger partial charge in [-0.3, -0.25) is 24.1 Å². The first kappa shape index (κ1) is 20.8. The maximum atomic E-state index is 13.3. The molecule has 8 heteroatoms. The van der Waals surface area contributed by atoms with Gasteiger partial charge in [0.05, 0.1) is 47.8 Å². The Morgan fingerprint density at radius 2 is 1.85 bits per heavy atom. The van der Waals surface area contributed by atoms with E-state index in [1.165, 1.54) is 0 Å². The molecule has 4 heterocycles. The number of hydrogen-bond donors (Lipinski definition) is 0. The van der Waals surface area contributed by atoms with Crippen LogP contribution in [0, 0.1) is 6.92 Å². The number of aromatic nitrogens is 5. The molecule has 0 bridgehead atoms. The quantitative estimate of drug-likeness (QED) is 0.413. The number of rotatable bonds is 5. The molecule has 5 rings (SSSR count). The second-order valence-corrected chi connectivity index (χ2v) is 7.81. The molecule has 0 aliphatic heterocycles. The summed E-state index contributed by atoms with van der Waals surface area (Å²) in [6, 6.07) is 11.7. The van der Waals surface area contributed by atoms with Gasteiger partial charge in [0.25, 0.3) is 0 Å². The molecule has 0 unspecified atom stereocenters. The molecule has 0 aliphatic rings.